The molecule has 0 unspecified atom stereocenters. The molecule has 0 radical (unpaired) electrons. The van der Waals surface area contributed by atoms with Gasteiger partial charge in [0.25, 0.3) is 0 Å². The first-order valence-corrected chi connectivity index (χ1v) is 8.27. The Kier molecular flexibility index (Phi) is 4.60. The molecule has 0 spiro atoms. The summed E-state index contributed by atoms with van der Waals surface area (Å²) in [4.78, 5) is 0.359. The van der Waals surface area contributed by atoms with Crippen molar-refractivity contribution in [1.82, 2.24) is 4.31 Å². The highest BCUT2D eigenvalue weighted by Gasteiger charge is 2.28. The standard InChI is InChI=1S/C14H22N2O2S/c1-16(13-5-3-2-4-6-13)19(17,18)14-9-7-12(11-15)8-10-14/h7-10,13H,2-6,11,15H2,1H3. The molecule has 0 saturated heterocycles. The maximum absolute atomic E-state index is 12.5. The van der Waals surface area contributed by atoms with E-state index in [9.17, 15) is 8.42 Å². The van der Waals surface area contributed by atoms with E-state index in [1.165, 1.54) is 6.42 Å². The molecule has 2 N–H and O–H groups in total. The summed E-state index contributed by atoms with van der Waals surface area (Å²) in [5.41, 5.74) is 6.47. The predicted molar refractivity (Wildman–Crippen MR) is 76.2 cm³/mol. The lowest BCUT2D eigenvalue weighted by atomic mass is 9.96. The second-order valence-corrected chi connectivity index (χ2v) is 7.16. The summed E-state index contributed by atoms with van der Waals surface area (Å²) >= 11 is 0. The molecule has 19 heavy (non-hydrogen) atoms. The second-order valence-electron chi connectivity index (χ2n) is 5.16. The molecular formula is C14H22N2O2S. The number of rotatable bonds is 4. The Hall–Kier alpha value is -0.910. The summed E-state index contributed by atoms with van der Waals surface area (Å²) in [5, 5.41) is 0. The Morgan fingerprint density at radius 3 is 2.26 bits per heavy atom. The van der Waals surface area contributed by atoms with E-state index in [0.29, 0.717) is 11.4 Å². The Labute approximate surface area is 115 Å². The third kappa shape index (κ3) is 3.16. The topological polar surface area (TPSA) is 63.4 Å². The van der Waals surface area contributed by atoms with Crippen LogP contribution in [0.1, 0.15) is 37.7 Å². The van der Waals surface area contributed by atoms with Crippen LogP contribution in [0.15, 0.2) is 29.2 Å². The Balaban J connectivity index is 2.19. The average Bonchev–Trinajstić information content (AvgIpc) is 2.47. The van der Waals surface area contributed by atoms with Crippen LogP contribution >= 0.6 is 0 Å². The van der Waals surface area contributed by atoms with E-state index in [1.807, 2.05) is 0 Å². The van der Waals surface area contributed by atoms with Gasteiger partial charge in [-0.1, -0.05) is 31.4 Å². The SMILES string of the molecule is CN(C1CCCCC1)S(=O)(=O)c1ccc(CN)cc1. The number of nitrogens with two attached hydrogens (primary N) is 1. The van der Waals surface area contributed by atoms with Gasteiger partial charge < -0.3 is 5.73 Å². The van der Waals surface area contributed by atoms with Crippen molar-refractivity contribution >= 4 is 10.0 Å². The van der Waals surface area contributed by atoms with Crippen LogP contribution in [-0.2, 0) is 16.6 Å². The third-order valence-electron chi connectivity index (χ3n) is 3.92. The molecule has 4 nitrogen and oxygen atoms in total. The highest BCUT2D eigenvalue weighted by Crippen LogP contribution is 2.26. The first kappa shape index (κ1) is 14.5. The molecule has 0 heterocycles. The largest absolute Gasteiger partial charge is 0.326 e. The van der Waals surface area contributed by atoms with E-state index in [2.05, 4.69) is 0 Å². The van der Waals surface area contributed by atoms with E-state index in [4.69, 9.17) is 5.73 Å². The lowest BCUT2D eigenvalue weighted by molar-refractivity contribution is 0.286. The van der Waals surface area contributed by atoms with E-state index in [1.54, 1.807) is 35.6 Å². The van der Waals surface area contributed by atoms with Crippen LogP contribution in [0, 0.1) is 0 Å². The fourth-order valence-corrected chi connectivity index (χ4v) is 4.02. The van der Waals surface area contributed by atoms with Crippen LogP contribution in [0.5, 0.6) is 0 Å². The van der Waals surface area contributed by atoms with Crippen LogP contribution < -0.4 is 5.73 Å². The Morgan fingerprint density at radius 2 is 1.74 bits per heavy atom. The van der Waals surface area contributed by atoms with Crippen LogP contribution in [0.3, 0.4) is 0 Å². The van der Waals surface area contributed by atoms with Gasteiger partial charge in [-0.25, -0.2) is 8.42 Å². The molecule has 2 rings (SSSR count). The van der Waals surface area contributed by atoms with E-state index < -0.39 is 10.0 Å². The molecule has 0 aromatic heterocycles. The summed E-state index contributed by atoms with van der Waals surface area (Å²) in [7, 11) is -1.67. The van der Waals surface area contributed by atoms with Gasteiger partial charge in [0.15, 0.2) is 0 Å². The predicted octanol–water partition coefficient (Wildman–Crippen LogP) is 2.10. The molecule has 0 aliphatic heterocycles. The molecule has 1 saturated carbocycles. The quantitative estimate of drug-likeness (QED) is 0.920. The molecule has 0 amide bonds. The van der Waals surface area contributed by atoms with Gasteiger partial charge in [0.05, 0.1) is 4.90 Å². The summed E-state index contributed by atoms with van der Waals surface area (Å²) in [6.45, 7) is 0.429. The molecule has 1 aromatic rings. The zero-order chi connectivity index (χ0) is 13.9. The molecule has 1 fully saturated rings. The highest BCUT2D eigenvalue weighted by atomic mass is 32.2. The van der Waals surface area contributed by atoms with Crippen molar-refractivity contribution in [2.24, 2.45) is 5.73 Å². The number of hydrogen-bond acceptors (Lipinski definition) is 3. The minimum atomic E-state index is -3.37. The van der Waals surface area contributed by atoms with E-state index >= 15 is 0 Å². The van der Waals surface area contributed by atoms with Crippen molar-refractivity contribution < 1.29 is 8.42 Å². The lowest BCUT2D eigenvalue weighted by Crippen LogP contribution is -2.38. The maximum Gasteiger partial charge on any atom is 0.243 e. The van der Waals surface area contributed by atoms with Crippen LogP contribution in [0.2, 0.25) is 0 Å². The van der Waals surface area contributed by atoms with Gasteiger partial charge in [-0.3, -0.25) is 0 Å². The van der Waals surface area contributed by atoms with Gasteiger partial charge in [0.1, 0.15) is 0 Å². The second kappa shape index (κ2) is 6.03. The first-order valence-electron chi connectivity index (χ1n) is 6.83. The van der Waals surface area contributed by atoms with Gasteiger partial charge in [-0.2, -0.15) is 4.31 Å². The van der Waals surface area contributed by atoms with Crippen molar-refractivity contribution in [3.05, 3.63) is 29.8 Å². The highest BCUT2D eigenvalue weighted by molar-refractivity contribution is 7.89. The van der Waals surface area contributed by atoms with Gasteiger partial charge >= 0.3 is 0 Å². The van der Waals surface area contributed by atoms with Crippen molar-refractivity contribution in [3.8, 4) is 0 Å². The minimum absolute atomic E-state index is 0.146. The molecule has 1 aliphatic carbocycles. The number of nitrogens with zero attached hydrogens (tertiary/aromatic N) is 1. The van der Waals surface area contributed by atoms with E-state index in [-0.39, 0.29) is 6.04 Å². The zero-order valence-electron chi connectivity index (χ0n) is 11.4. The van der Waals surface area contributed by atoms with Crippen LogP contribution in [-0.4, -0.2) is 25.8 Å². The van der Waals surface area contributed by atoms with Gasteiger partial charge in [-0.15, -0.1) is 0 Å². The maximum atomic E-state index is 12.5. The number of hydrogen-bond donors (Lipinski definition) is 1. The molecule has 0 atom stereocenters. The van der Waals surface area contributed by atoms with Crippen LogP contribution in [0.4, 0.5) is 0 Å². The number of benzene rings is 1. The number of sulfonamides is 1. The van der Waals surface area contributed by atoms with Crippen molar-refractivity contribution in [3.63, 3.8) is 0 Å². The third-order valence-corrected chi connectivity index (χ3v) is 5.85. The molecule has 0 bridgehead atoms. The van der Waals surface area contributed by atoms with Crippen molar-refractivity contribution in [2.45, 2.75) is 49.6 Å². The fourth-order valence-electron chi connectivity index (χ4n) is 2.60. The van der Waals surface area contributed by atoms with Crippen LogP contribution in [0.25, 0.3) is 0 Å². The summed E-state index contributed by atoms with van der Waals surface area (Å²) in [5.74, 6) is 0. The molecular weight excluding hydrogens is 260 g/mol. The normalized spacial score (nSPS) is 17.8. The molecule has 106 valence electrons. The van der Waals surface area contributed by atoms with Crippen molar-refractivity contribution in [1.29, 1.82) is 0 Å². The summed E-state index contributed by atoms with van der Waals surface area (Å²) < 4.78 is 26.6. The van der Waals surface area contributed by atoms with Crippen molar-refractivity contribution in [2.75, 3.05) is 7.05 Å². The molecule has 1 aromatic carbocycles. The average molecular weight is 282 g/mol. The van der Waals surface area contributed by atoms with Gasteiger partial charge in [-0.05, 0) is 30.5 Å². The monoisotopic (exact) mass is 282 g/mol. The minimum Gasteiger partial charge on any atom is -0.326 e. The first-order chi connectivity index (χ1) is 9.05. The van der Waals surface area contributed by atoms with Gasteiger partial charge in [0, 0.05) is 19.6 Å². The zero-order valence-corrected chi connectivity index (χ0v) is 12.2. The van der Waals surface area contributed by atoms with Gasteiger partial charge in [0.2, 0.25) is 10.0 Å². The Bertz CT molecular complexity index is 505. The molecule has 5 heteroatoms. The molecule has 1 aliphatic rings. The smallest absolute Gasteiger partial charge is 0.243 e. The summed E-state index contributed by atoms with van der Waals surface area (Å²) in [6, 6.07) is 7.00. The Morgan fingerprint density at radius 1 is 1.16 bits per heavy atom. The summed E-state index contributed by atoms with van der Waals surface area (Å²) in [6.07, 6.45) is 5.40. The fraction of sp³-hybridized carbons (Fsp3) is 0.571. The lowest BCUT2D eigenvalue weighted by Gasteiger charge is -2.30. The van der Waals surface area contributed by atoms with E-state index in [0.717, 1.165) is 31.2 Å².